The Morgan fingerprint density at radius 3 is 3.00 bits per heavy atom. The highest BCUT2D eigenvalue weighted by Crippen LogP contribution is 2.56. The minimum atomic E-state index is -0.659. The molecule has 8 nitrogen and oxygen atoms in total. The van der Waals surface area contributed by atoms with Gasteiger partial charge in [0.1, 0.15) is 29.4 Å². The van der Waals surface area contributed by atoms with Crippen LogP contribution in [0.15, 0.2) is 36.8 Å². The number of H-pyrrole nitrogens is 1. The molecule has 32 heavy (non-hydrogen) atoms. The fourth-order valence-corrected chi connectivity index (χ4v) is 5.00. The Balaban J connectivity index is 1.33. The van der Waals surface area contributed by atoms with Gasteiger partial charge in [-0.25, -0.2) is 14.4 Å². The molecule has 1 spiro atoms. The van der Waals surface area contributed by atoms with Gasteiger partial charge >= 0.3 is 0 Å². The number of methoxy groups -OCH3 is 1. The van der Waals surface area contributed by atoms with Crippen molar-refractivity contribution in [1.82, 2.24) is 20.3 Å². The highest BCUT2D eigenvalue weighted by molar-refractivity contribution is 5.88. The number of nitrogens with one attached hydrogen (secondary N) is 2. The van der Waals surface area contributed by atoms with Gasteiger partial charge < -0.3 is 25.0 Å². The molecule has 1 aromatic carbocycles. The van der Waals surface area contributed by atoms with Gasteiger partial charge in [-0.15, -0.1) is 0 Å². The van der Waals surface area contributed by atoms with Gasteiger partial charge in [-0.3, -0.25) is 4.79 Å². The van der Waals surface area contributed by atoms with Crippen molar-refractivity contribution in [1.29, 1.82) is 0 Å². The second kappa shape index (κ2) is 8.05. The monoisotopic (exact) mass is 439 g/mol. The Morgan fingerprint density at radius 2 is 2.25 bits per heavy atom. The summed E-state index contributed by atoms with van der Waals surface area (Å²) in [4.78, 5) is 27.4. The topological polar surface area (TPSA) is 103 Å². The third-order valence-corrected chi connectivity index (χ3v) is 6.84. The third kappa shape index (κ3) is 3.56. The molecule has 1 aliphatic heterocycles. The Hall–Kier alpha value is -3.20. The quantitative estimate of drug-likeness (QED) is 0.546. The SMILES string of the molecule is COc1cc(F)ccc1[C@H](CO)NC(=O)[C@H]1CCN(c2ncnc3[nH]ccc23)CC12CC2. The maximum atomic E-state index is 13.6. The minimum absolute atomic E-state index is 0.0814. The lowest BCUT2D eigenvalue weighted by atomic mass is 9.81. The van der Waals surface area contributed by atoms with E-state index in [1.807, 2.05) is 12.3 Å². The van der Waals surface area contributed by atoms with E-state index in [9.17, 15) is 14.3 Å². The fourth-order valence-electron chi connectivity index (χ4n) is 5.00. The largest absolute Gasteiger partial charge is 0.496 e. The summed E-state index contributed by atoms with van der Waals surface area (Å²) in [6.45, 7) is 1.17. The van der Waals surface area contributed by atoms with Crippen LogP contribution < -0.4 is 15.0 Å². The molecule has 3 heterocycles. The first-order valence-electron chi connectivity index (χ1n) is 10.8. The maximum absolute atomic E-state index is 13.6. The van der Waals surface area contributed by atoms with E-state index in [1.54, 1.807) is 12.4 Å². The molecule has 1 aliphatic carbocycles. The summed E-state index contributed by atoms with van der Waals surface area (Å²) in [6, 6.07) is 5.42. The zero-order valence-electron chi connectivity index (χ0n) is 17.8. The van der Waals surface area contributed by atoms with Crippen LogP contribution in [0, 0.1) is 17.2 Å². The van der Waals surface area contributed by atoms with Gasteiger partial charge in [0.05, 0.1) is 25.1 Å². The van der Waals surface area contributed by atoms with Crippen LogP contribution in [-0.2, 0) is 4.79 Å². The molecule has 5 rings (SSSR count). The van der Waals surface area contributed by atoms with Crippen LogP contribution in [-0.4, -0.2) is 52.8 Å². The van der Waals surface area contributed by atoms with E-state index >= 15 is 0 Å². The number of aliphatic hydroxyl groups excluding tert-OH is 1. The van der Waals surface area contributed by atoms with Gasteiger partial charge in [-0.05, 0) is 36.8 Å². The van der Waals surface area contributed by atoms with Crippen LogP contribution in [0.4, 0.5) is 10.2 Å². The van der Waals surface area contributed by atoms with Gasteiger partial charge in [-0.2, -0.15) is 0 Å². The number of aromatic amines is 1. The molecule has 2 aromatic heterocycles. The summed E-state index contributed by atoms with van der Waals surface area (Å²) in [5.74, 6) is 0.536. The summed E-state index contributed by atoms with van der Waals surface area (Å²) in [7, 11) is 1.44. The first-order valence-corrected chi connectivity index (χ1v) is 10.8. The fraction of sp³-hybridized carbons (Fsp3) is 0.435. The number of hydrogen-bond acceptors (Lipinski definition) is 6. The molecule has 168 valence electrons. The number of piperidine rings is 1. The minimum Gasteiger partial charge on any atom is -0.496 e. The number of hydrogen-bond donors (Lipinski definition) is 3. The van der Waals surface area contributed by atoms with Crippen LogP contribution >= 0.6 is 0 Å². The average Bonchev–Trinajstić information content (AvgIpc) is 3.38. The van der Waals surface area contributed by atoms with Crippen molar-refractivity contribution in [3.05, 3.63) is 48.2 Å². The molecule has 9 heteroatoms. The number of anilines is 1. The number of carbonyl (C=O) groups is 1. The lowest BCUT2D eigenvalue weighted by Gasteiger charge is -2.39. The van der Waals surface area contributed by atoms with Crippen molar-refractivity contribution in [2.75, 3.05) is 31.7 Å². The van der Waals surface area contributed by atoms with Crippen molar-refractivity contribution >= 4 is 22.8 Å². The highest BCUT2D eigenvalue weighted by Gasteiger charge is 2.55. The van der Waals surface area contributed by atoms with Crippen LogP contribution in [0.25, 0.3) is 11.0 Å². The molecule has 3 aromatic rings. The predicted molar refractivity (Wildman–Crippen MR) is 117 cm³/mol. The Morgan fingerprint density at radius 1 is 1.41 bits per heavy atom. The van der Waals surface area contributed by atoms with Crippen molar-refractivity contribution in [2.45, 2.75) is 25.3 Å². The zero-order chi connectivity index (χ0) is 22.3. The summed E-state index contributed by atoms with van der Waals surface area (Å²) in [5, 5.41) is 13.9. The summed E-state index contributed by atoms with van der Waals surface area (Å²) in [5.41, 5.74) is 1.27. The van der Waals surface area contributed by atoms with E-state index in [4.69, 9.17) is 4.74 Å². The van der Waals surface area contributed by atoms with Gasteiger partial charge in [0, 0.05) is 36.8 Å². The molecule has 2 atom stereocenters. The van der Waals surface area contributed by atoms with Crippen LogP contribution in [0.1, 0.15) is 30.9 Å². The number of nitrogens with zero attached hydrogens (tertiary/aromatic N) is 3. The van der Waals surface area contributed by atoms with Crippen molar-refractivity contribution in [3.63, 3.8) is 0 Å². The molecule has 2 fully saturated rings. The third-order valence-electron chi connectivity index (χ3n) is 6.84. The number of aliphatic hydroxyl groups is 1. The van der Waals surface area contributed by atoms with E-state index in [0.29, 0.717) is 24.3 Å². The summed E-state index contributed by atoms with van der Waals surface area (Å²) >= 11 is 0. The van der Waals surface area contributed by atoms with Crippen molar-refractivity contribution < 1.29 is 19.0 Å². The molecular weight excluding hydrogens is 413 g/mol. The number of rotatable bonds is 6. The molecule has 1 saturated carbocycles. The second-order valence-electron chi connectivity index (χ2n) is 8.69. The Kier molecular flexibility index (Phi) is 5.21. The number of benzene rings is 1. The van der Waals surface area contributed by atoms with E-state index in [0.717, 1.165) is 36.2 Å². The van der Waals surface area contributed by atoms with Gasteiger partial charge in [0.2, 0.25) is 5.91 Å². The first kappa shape index (κ1) is 20.7. The molecule has 0 radical (unpaired) electrons. The van der Waals surface area contributed by atoms with Gasteiger partial charge in [0.15, 0.2) is 0 Å². The molecular formula is C23H26FN5O3. The van der Waals surface area contributed by atoms with Gasteiger partial charge in [0.25, 0.3) is 0 Å². The van der Waals surface area contributed by atoms with Crippen LogP contribution in [0.2, 0.25) is 0 Å². The molecule has 0 unspecified atom stereocenters. The van der Waals surface area contributed by atoms with E-state index in [2.05, 4.69) is 25.2 Å². The Bertz CT molecular complexity index is 1150. The van der Waals surface area contributed by atoms with Crippen LogP contribution in [0.5, 0.6) is 5.75 Å². The van der Waals surface area contributed by atoms with E-state index < -0.39 is 11.9 Å². The lowest BCUT2D eigenvalue weighted by Crippen LogP contribution is -2.49. The number of aromatic nitrogens is 3. The number of halogens is 1. The Labute approximate surface area is 184 Å². The number of fused-ring (bicyclic) bond motifs is 1. The molecule has 1 saturated heterocycles. The van der Waals surface area contributed by atoms with Crippen molar-refractivity contribution in [3.8, 4) is 5.75 Å². The molecule has 2 aliphatic rings. The number of carbonyl (C=O) groups excluding carboxylic acids is 1. The van der Waals surface area contributed by atoms with E-state index in [1.165, 1.54) is 19.2 Å². The summed E-state index contributed by atoms with van der Waals surface area (Å²) < 4.78 is 18.8. The van der Waals surface area contributed by atoms with Crippen molar-refractivity contribution in [2.24, 2.45) is 11.3 Å². The molecule has 0 bridgehead atoms. The van der Waals surface area contributed by atoms with Gasteiger partial charge in [-0.1, -0.05) is 6.07 Å². The standard InChI is InChI=1S/C23H26FN5O3/c1-32-19-10-14(24)2-3-15(19)18(11-30)28-22(31)17-5-9-29(12-23(17)6-7-23)21-16-4-8-25-20(16)26-13-27-21/h2-4,8,10,13,17-18,30H,5-7,9,11-12H2,1H3,(H,28,31)(H,25,26,27)/t17-,18+/m1/s1. The normalized spacial score (nSPS) is 20.3. The lowest BCUT2D eigenvalue weighted by molar-refractivity contribution is -0.129. The molecule has 1 amide bonds. The first-order chi connectivity index (χ1) is 15.5. The summed E-state index contributed by atoms with van der Waals surface area (Å²) in [6.07, 6.45) is 6.07. The zero-order valence-corrected chi connectivity index (χ0v) is 17.8. The highest BCUT2D eigenvalue weighted by atomic mass is 19.1. The smallest absolute Gasteiger partial charge is 0.224 e. The number of amides is 1. The van der Waals surface area contributed by atoms with E-state index in [-0.39, 0.29) is 23.8 Å². The number of ether oxygens (including phenoxy) is 1. The predicted octanol–water partition coefficient (Wildman–Crippen LogP) is 2.56. The molecule has 3 N–H and O–H groups in total. The maximum Gasteiger partial charge on any atom is 0.224 e. The average molecular weight is 439 g/mol. The van der Waals surface area contributed by atoms with Crippen LogP contribution in [0.3, 0.4) is 0 Å². The second-order valence-corrected chi connectivity index (χ2v) is 8.69.